The van der Waals surface area contributed by atoms with Gasteiger partial charge in [-0.3, -0.25) is 4.79 Å². The summed E-state index contributed by atoms with van der Waals surface area (Å²) in [5.74, 6) is -10.1. The van der Waals surface area contributed by atoms with Gasteiger partial charge in [0.05, 0.1) is 10.4 Å². The standard InChI is InChI=1S/C11H3F5OS/c12-7-6(4-1-5(2-17)18-3-4)8(13)10(15)11(16)9(7)14/h1-3H. The summed E-state index contributed by atoms with van der Waals surface area (Å²) < 4.78 is 65.5. The van der Waals surface area contributed by atoms with Gasteiger partial charge in [0, 0.05) is 0 Å². The van der Waals surface area contributed by atoms with Gasteiger partial charge >= 0.3 is 0 Å². The molecule has 0 saturated heterocycles. The second kappa shape index (κ2) is 4.49. The number of aldehydes is 1. The molecule has 0 radical (unpaired) electrons. The van der Waals surface area contributed by atoms with Crippen LogP contribution in [0.4, 0.5) is 22.0 Å². The number of hydrogen-bond acceptors (Lipinski definition) is 2. The van der Waals surface area contributed by atoms with Crippen molar-refractivity contribution >= 4 is 17.6 Å². The molecule has 18 heavy (non-hydrogen) atoms. The SMILES string of the molecule is O=Cc1cc(-c2c(F)c(F)c(F)c(F)c2F)cs1. The van der Waals surface area contributed by atoms with Crippen molar-refractivity contribution < 1.29 is 26.7 Å². The zero-order valence-corrected chi connectivity index (χ0v) is 9.25. The van der Waals surface area contributed by atoms with E-state index < -0.39 is 34.6 Å². The maximum absolute atomic E-state index is 13.4. The topological polar surface area (TPSA) is 17.1 Å². The molecule has 1 aromatic heterocycles. The molecular formula is C11H3F5OS. The van der Waals surface area contributed by atoms with Crippen molar-refractivity contribution in [3.05, 3.63) is 45.4 Å². The third-order valence-corrected chi connectivity index (χ3v) is 3.09. The molecule has 1 heterocycles. The molecule has 0 amide bonds. The van der Waals surface area contributed by atoms with Crippen LogP contribution in [0.1, 0.15) is 9.67 Å². The molecule has 1 nitrogen and oxygen atoms in total. The van der Waals surface area contributed by atoms with Gasteiger partial charge in [0.1, 0.15) is 0 Å². The molecule has 1 aromatic carbocycles. The smallest absolute Gasteiger partial charge is 0.200 e. The minimum Gasteiger partial charge on any atom is -0.297 e. The first-order valence-electron chi connectivity index (χ1n) is 4.53. The van der Waals surface area contributed by atoms with Gasteiger partial charge in [-0.25, -0.2) is 22.0 Å². The highest BCUT2D eigenvalue weighted by atomic mass is 32.1. The van der Waals surface area contributed by atoms with Gasteiger partial charge in [-0.2, -0.15) is 0 Å². The lowest BCUT2D eigenvalue weighted by Gasteiger charge is -2.06. The molecule has 0 N–H and O–H groups in total. The first-order chi connectivity index (χ1) is 8.47. The van der Waals surface area contributed by atoms with E-state index in [0.29, 0.717) is 6.29 Å². The predicted octanol–water partition coefficient (Wildman–Crippen LogP) is 3.92. The molecule has 0 unspecified atom stereocenters. The Labute approximate surface area is 101 Å². The zero-order valence-electron chi connectivity index (χ0n) is 8.44. The van der Waals surface area contributed by atoms with Crippen LogP contribution in [-0.4, -0.2) is 6.29 Å². The molecule has 0 spiro atoms. The highest BCUT2D eigenvalue weighted by Gasteiger charge is 2.26. The summed E-state index contributed by atoms with van der Waals surface area (Å²) in [6.45, 7) is 0. The highest BCUT2D eigenvalue weighted by Crippen LogP contribution is 2.33. The van der Waals surface area contributed by atoms with E-state index in [-0.39, 0.29) is 10.4 Å². The van der Waals surface area contributed by atoms with Crippen LogP contribution in [0.2, 0.25) is 0 Å². The lowest BCUT2D eigenvalue weighted by atomic mass is 10.1. The van der Waals surface area contributed by atoms with E-state index in [2.05, 4.69) is 0 Å². The molecule has 2 rings (SSSR count). The average molecular weight is 278 g/mol. The fourth-order valence-electron chi connectivity index (χ4n) is 1.40. The van der Waals surface area contributed by atoms with Crippen LogP contribution in [0.15, 0.2) is 11.4 Å². The summed E-state index contributed by atoms with van der Waals surface area (Å²) in [4.78, 5) is 10.5. The van der Waals surface area contributed by atoms with Crippen molar-refractivity contribution in [2.24, 2.45) is 0 Å². The van der Waals surface area contributed by atoms with Crippen LogP contribution in [0.25, 0.3) is 11.1 Å². The Morgan fingerprint density at radius 1 is 0.889 bits per heavy atom. The second-order valence-corrected chi connectivity index (χ2v) is 4.24. The number of thiophene rings is 1. The normalized spacial score (nSPS) is 10.7. The number of halogens is 5. The van der Waals surface area contributed by atoms with Crippen LogP contribution in [0, 0.1) is 29.1 Å². The van der Waals surface area contributed by atoms with E-state index >= 15 is 0 Å². The fourth-order valence-corrected chi connectivity index (χ4v) is 2.10. The first-order valence-corrected chi connectivity index (χ1v) is 5.40. The largest absolute Gasteiger partial charge is 0.297 e. The fraction of sp³-hybridized carbons (Fsp3) is 0. The summed E-state index contributed by atoms with van der Waals surface area (Å²) in [5.41, 5.74) is -1.26. The third-order valence-electron chi connectivity index (χ3n) is 2.23. The molecule has 94 valence electrons. The number of hydrogen-bond donors (Lipinski definition) is 0. The van der Waals surface area contributed by atoms with E-state index in [1.165, 1.54) is 0 Å². The molecule has 0 fully saturated rings. The number of benzene rings is 1. The molecule has 0 aliphatic heterocycles. The van der Waals surface area contributed by atoms with Crippen molar-refractivity contribution in [2.45, 2.75) is 0 Å². The number of rotatable bonds is 2. The highest BCUT2D eigenvalue weighted by molar-refractivity contribution is 7.12. The van der Waals surface area contributed by atoms with Crippen LogP contribution in [-0.2, 0) is 0 Å². The minimum atomic E-state index is -2.21. The van der Waals surface area contributed by atoms with E-state index in [9.17, 15) is 26.7 Å². The van der Waals surface area contributed by atoms with Crippen LogP contribution < -0.4 is 0 Å². The lowest BCUT2D eigenvalue weighted by molar-refractivity contribution is 0.112. The van der Waals surface area contributed by atoms with Gasteiger partial charge in [0.25, 0.3) is 0 Å². The Morgan fingerprint density at radius 3 is 1.83 bits per heavy atom. The van der Waals surface area contributed by atoms with Crippen LogP contribution in [0.5, 0.6) is 0 Å². The minimum absolute atomic E-state index is 0.119. The second-order valence-electron chi connectivity index (χ2n) is 3.30. The Hall–Kier alpha value is -1.76. The van der Waals surface area contributed by atoms with E-state index in [0.717, 1.165) is 22.8 Å². The van der Waals surface area contributed by atoms with Crippen LogP contribution >= 0.6 is 11.3 Å². The summed E-state index contributed by atoms with van der Waals surface area (Å²) in [6.07, 6.45) is 0.417. The summed E-state index contributed by atoms with van der Waals surface area (Å²) in [5, 5.41) is 1.14. The summed E-state index contributed by atoms with van der Waals surface area (Å²) >= 11 is 0.838. The van der Waals surface area contributed by atoms with Crippen molar-refractivity contribution in [1.29, 1.82) is 0 Å². The van der Waals surface area contributed by atoms with Gasteiger partial charge in [0.15, 0.2) is 29.6 Å². The molecular weight excluding hydrogens is 275 g/mol. The Balaban J connectivity index is 2.75. The van der Waals surface area contributed by atoms with E-state index in [1.54, 1.807) is 0 Å². The Bertz CT molecular complexity index is 606. The Morgan fingerprint density at radius 2 is 1.39 bits per heavy atom. The number of carbonyl (C=O) groups excluding carboxylic acids is 1. The molecule has 0 aliphatic rings. The molecule has 7 heteroatoms. The van der Waals surface area contributed by atoms with Gasteiger partial charge in [-0.05, 0) is 17.0 Å². The first kappa shape index (κ1) is 12.7. The summed E-state index contributed by atoms with van der Waals surface area (Å²) in [7, 11) is 0. The molecule has 2 aromatic rings. The van der Waals surface area contributed by atoms with Crippen molar-refractivity contribution in [2.75, 3.05) is 0 Å². The molecule has 0 aliphatic carbocycles. The quantitative estimate of drug-likeness (QED) is 0.352. The van der Waals surface area contributed by atoms with Crippen LogP contribution in [0.3, 0.4) is 0 Å². The molecule has 0 saturated carbocycles. The van der Waals surface area contributed by atoms with E-state index in [4.69, 9.17) is 0 Å². The van der Waals surface area contributed by atoms with E-state index in [1.807, 2.05) is 0 Å². The zero-order chi connectivity index (χ0) is 13.4. The number of carbonyl (C=O) groups is 1. The van der Waals surface area contributed by atoms with Crippen molar-refractivity contribution in [3.63, 3.8) is 0 Å². The maximum atomic E-state index is 13.4. The van der Waals surface area contributed by atoms with Gasteiger partial charge in [-0.15, -0.1) is 11.3 Å². The van der Waals surface area contributed by atoms with Crippen molar-refractivity contribution in [1.82, 2.24) is 0 Å². The summed E-state index contributed by atoms with van der Waals surface area (Å²) in [6, 6.07) is 1.05. The predicted molar refractivity (Wildman–Crippen MR) is 54.9 cm³/mol. The monoisotopic (exact) mass is 278 g/mol. The Kier molecular flexibility index (Phi) is 3.16. The van der Waals surface area contributed by atoms with Gasteiger partial charge in [-0.1, -0.05) is 0 Å². The lowest BCUT2D eigenvalue weighted by Crippen LogP contribution is -2.03. The third kappa shape index (κ3) is 1.80. The van der Waals surface area contributed by atoms with Gasteiger partial charge in [0.2, 0.25) is 5.82 Å². The molecule has 0 atom stereocenters. The maximum Gasteiger partial charge on any atom is 0.200 e. The van der Waals surface area contributed by atoms with Gasteiger partial charge < -0.3 is 0 Å². The average Bonchev–Trinajstić information content (AvgIpc) is 2.83. The molecule has 0 bridgehead atoms. The van der Waals surface area contributed by atoms with Crippen molar-refractivity contribution in [3.8, 4) is 11.1 Å².